The van der Waals surface area contributed by atoms with Crippen LogP contribution in [0.4, 0.5) is 0 Å². The van der Waals surface area contributed by atoms with E-state index in [2.05, 4.69) is 49.9 Å². The predicted octanol–water partition coefficient (Wildman–Crippen LogP) is 5.06. The van der Waals surface area contributed by atoms with Gasteiger partial charge in [-0.2, -0.15) is 0 Å². The number of likely N-dealkylation sites (tertiary alicyclic amines) is 1. The number of carboxylic acid groups (broad SMARTS) is 1. The van der Waals surface area contributed by atoms with Crippen LogP contribution in [0.15, 0.2) is 48.5 Å². The summed E-state index contributed by atoms with van der Waals surface area (Å²) in [4.78, 5) is 13.4. The Balaban J connectivity index is 1.54. The molecule has 1 fully saturated rings. The van der Waals surface area contributed by atoms with E-state index in [0.29, 0.717) is 11.5 Å². The third-order valence-electron chi connectivity index (χ3n) is 5.44. The number of hydrogen-bond acceptors (Lipinski definition) is 2. The van der Waals surface area contributed by atoms with E-state index in [9.17, 15) is 4.79 Å². The van der Waals surface area contributed by atoms with Gasteiger partial charge < -0.3 is 5.11 Å². The standard InChI is InChI=1S/C23H29NO2/c1-23(2,3)21-10-8-18(9-11-21)19-12-14-24(15-13-19)16-17-4-6-20(7-5-17)22(25)26/h4-11,19H,12-16H2,1-3H3,(H,25,26). The van der Waals surface area contributed by atoms with E-state index in [-0.39, 0.29) is 5.41 Å². The summed E-state index contributed by atoms with van der Waals surface area (Å²) < 4.78 is 0. The van der Waals surface area contributed by atoms with Crippen molar-refractivity contribution in [3.05, 3.63) is 70.8 Å². The first-order valence-electron chi connectivity index (χ1n) is 9.48. The molecule has 3 heteroatoms. The Morgan fingerprint density at radius 1 is 1.00 bits per heavy atom. The quantitative estimate of drug-likeness (QED) is 0.837. The average molecular weight is 351 g/mol. The van der Waals surface area contributed by atoms with Gasteiger partial charge in [-0.25, -0.2) is 4.79 Å². The number of piperidine rings is 1. The second-order valence-electron chi connectivity index (χ2n) is 8.42. The van der Waals surface area contributed by atoms with Crippen molar-refractivity contribution in [2.75, 3.05) is 13.1 Å². The minimum atomic E-state index is -0.866. The summed E-state index contributed by atoms with van der Waals surface area (Å²) in [7, 11) is 0. The molecule has 2 aromatic rings. The fourth-order valence-electron chi connectivity index (χ4n) is 3.69. The SMILES string of the molecule is CC(C)(C)c1ccc(C2CCN(Cc3ccc(C(=O)O)cc3)CC2)cc1. The summed E-state index contributed by atoms with van der Waals surface area (Å²) in [6.07, 6.45) is 2.37. The molecule has 138 valence electrons. The van der Waals surface area contributed by atoms with E-state index >= 15 is 0 Å². The van der Waals surface area contributed by atoms with Crippen LogP contribution in [0, 0.1) is 0 Å². The predicted molar refractivity (Wildman–Crippen MR) is 106 cm³/mol. The van der Waals surface area contributed by atoms with Gasteiger partial charge in [0.05, 0.1) is 5.56 Å². The molecule has 1 aliphatic heterocycles. The summed E-state index contributed by atoms with van der Waals surface area (Å²) in [6, 6.07) is 16.4. The number of nitrogens with zero attached hydrogens (tertiary/aromatic N) is 1. The van der Waals surface area contributed by atoms with Gasteiger partial charge >= 0.3 is 5.97 Å². The maximum Gasteiger partial charge on any atom is 0.335 e. The lowest BCUT2D eigenvalue weighted by atomic mass is 9.84. The van der Waals surface area contributed by atoms with Gasteiger partial charge in [-0.05, 0) is 66.1 Å². The van der Waals surface area contributed by atoms with Gasteiger partial charge in [0.15, 0.2) is 0 Å². The molecule has 0 aromatic heterocycles. The molecule has 0 radical (unpaired) electrons. The van der Waals surface area contributed by atoms with Crippen LogP contribution < -0.4 is 0 Å². The molecule has 2 aromatic carbocycles. The number of hydrogen-bond donors (Lipinski definition) is 1. The third kappa shape index (κ3) is 4.53. The highest BCUT2D eigenvalue weighted by molar-refractivity contribution is 5.87. The van der Waals surface area contributed by atoms with Crippen LogP contribution in [0.2, 0.25) is 0 Å². The van der Waals surface area contributed by atoms with Gasteiger partial charge in [0.2, 0.25) is 0 Å². The highest BCUT2D eigenvalue weighted by Crippen LogP contribution is 2.30. The minimum absolute atomic E-state index is 0.206. The zero-order chi connectivity index (χ0) is 18.7. The molecule has 1 saturated heterocycles. The van der Waals surface area contributed by atoms with Crippen LogP contribution >= 0.6 is 0 Å². The van der Waals surface area contributed by atoms with Crippen LogP contribution in [0.25, 0.3) is 0 Å². The van der Waals surface area contributed by atoms with Gasteiger partial charge in [-0.3, -0.25) is 4.90 Å². The average Bonchev–Trinajstić information content (AvgIpc) is 2.62. The normalized spacial score (nSPS) is 16.6. The van der Waals surface area contributed by atoms with Crippen LogP contribution in [0.3, 0.4) is 0 Å². The van der Waals surface area contributed by atoms with Crippen LogP contribution in [0.1, 0.15) is 66.6 Å². The molecule has 26 heavy (non-hydrogen) atoms. The third-order valence-corrected chi connectivity index (χ3v) is 5.44. The number of benzene rings is 2. The molecule has 1 heterocycles. The zero-order valence-electron chi connectivity index (χ0n) is 16.0. The molecule has 0 amide bonds. The van der Waals surface area contributed by atoms with Crippen LogP contribution in [0.5, 0.6) is 0 Å². The molecule has 1 N–H and O–H groups in total. The van der Waals surface area contributed by atoms with E-state index in [4.69, 9.17) is 5.11 Å². The smallest absolute Gasteiger partial charge is 0.335 e. The van der Waals surface area contributed by atoms with Gasteiger partial charge in [0.1, 0.15) is 0 Å². The van der Waals surface area contributed by atoms with Crippen molar-refractivity contribution >= 4 is 5.97 Å². The van der Waals surface area contributed by atoms with E-state index in [0.717, 1.165) is 19.6 Å². The van der Waals surface area contributed by atoms with Crippen molar-refractivity contribution in [3.63, 3.8) is 0 Å². The first-order chi connectivity index (χ1) is 12.3. The van der Waals surface area contributed by atoms with Gasteiger partial charge in [0, 0.05) is 6.54 Å². The van der Waals surface area contributed by atoms with Crippen LogP contribution in [-0.2, 0) is 12.0 Å². The van der Waals surface area contributed by atoms with Crippen molar-refractivity contribution in [1.29, 1.82) is 0 Å². The van der Waals surface area contributed by atoms with Gasteiger partial charge in [0.25, 0.3) is 0 Å². The summed E-state index contributed by atoms with van der Waals surface area (Å²) in [5.74, 6) is -0.218. The Labute approximate surface area is 156 Å². The van der Waals surface area contributed by atoms with E-state index in [1.54, 1.807) is 12.1 Å². The molecule has 0 saturated carbocycles. The highest BCUT2D eigenvalue weighted by atomic mass is 16.4. The lowest BCUT2D eigenvalue weighted by Crippen LogP contribution is -2.32. The van der Waals surface area contributed by atoms with Crippen molar-refractivity contribution in [2.45, 2.75) is 51.5 Å². The second kappa shape index (κ2) is 7.63. The summed E-state index contributed by atoms with van der Waals surface area (Å²) >= 11 is 0. The van der Waals surface area contributed by atoms with E-state index in [1.165, 1.54) is 29.5 Å². The van der Waals surface area contributed by atoms with Crippen molar-refractivity contribution in [1.82, 2.24) is 4.90 Å². The Morgan fingerprint density at radius 3 is 2.08 bits per heavy atom. The Kier molecular flexibility index (Phi) is 5.47. The topological polar surface area (TPSA) is 40.5 Å². The van der Waals surface area contributed by atoms with Gasteiger partial charge in [-0.15, -0.1) is 0 Å². The van der Waals surface area contributed by atoms with E-state index in [1.807, 2.05) is 12.1 Å². The Bertz CT molecular complexity index is 733. The lowest BCUT2D eigenvalue weighted by molar-refractivity contribution is 0.0697. The molecule has 3 rings (SSSR count). The van der Waals surface area contributed by atoms with Crippen molar-refractivity contribution in [2.24, 2.45) is 0 Å². The number of aromatic carboxylic acids is 1. The fourth-order valence-corrected chi connectivity index (χ4v) is 3.69. The van der Waals surface area contributed by atoms with Crippen molar-refractivity contribution in [3.8, 4) is 0 Å². The van der Waals surface area contributed by atoms with Gasteiger partial charge in [-0.1, -0.05) is 57.2 Å². The molecule has 0 aliphatic carbocycles. The largest absolute Gasteiger partial charge is 0.478 e. The maximum atomic E-state index is 10.9. The Hall–Kier alpha value is -2.13. The first-order valence-corrected chi connectivity index (χ1v) is 9.48. The minimum Gasteiger partial charge on any atom is -0.478 e. The van der Waals surface area contributed by atoms with Crippen molar-refractivity contribution < 1.29 is 9.90 Å². The number of carbonyl (C=O) groups is 1. The number of rotatable bonds is 4. The summed E-state index contributed by atoms with van der Waals surface area (Å²) in [5.41, 5.74) is 4.60. The van der Waals surface area contributed by atoms with Crippen LogP contribution in [-0.4, -0.2) is 29.1 Å². The molecule has 3 nitrogen and oxygen atoms in total. The second-order valence-corrected chi connectivity index (χ2v) is 8.42. The van der Waals surface area contributed by atoms with E-state index < -0.39 is 5.97 Å². The molecule has 1 aliphatic rings. The monoisotopic (exact) mass is 351 g/mol. The molecule has 0 bridgehead atoms. The molecule has 0 atom stereocenters. The molecule has 0 unspecified atom stereocenters. The summed E-state index contributed by atoms with van der Waals surface area (Å²) in [6.45, 7) is 9.84. The highest BCUT2D eigenvalue weighted by Gasteiger charge is 2.21. The lowest BCUT2D eigenvalue weighted by Gasteiger charge is -2.32. The summed E-state index contributed by atoms with van der Waals surface area (Å²) in [5, 5.41) is 8.99. The maximum absolute atomic E-state index is 10.9. The first kappa shape index (κ1) is 18.7. The fraction of sp³-hybridized carbons (Fsp3) is 0.435. The number of carboxylic acids is 1. The molecular weight excluding hydrogens is 322 g/mol. The zero-order valence-corrected chi connectivity index (χ0v) is 16.0. The molecule has 0 spiro atoms. The molecular formula is C23H29NO2. The Morgan fingerprint density at radius 2 is 1.58 bits per heavy atom.